The second-order valence-corrected chi connectivity index (χ2v) is 6.55. The van der Waals surface area contributed by atoms with Crippen LogP contribution in [0.15, 0.2) is 41.8 Å². The lowest BCUT2D eigenvalue weighted by atomic mass is 10.1. The van der Waals surface area contributed by atoms with Gasteiger partial charge in [0.25, 0.3) is 0 Å². The van der Waals surface area contributed by atoms with Crippen molar-refractivity contribution in [3.63, 3.8) is 0 Å². The fourth-order valence-corrected chi connectivity index (χ4v) is 3.63. The molecule has 0 spiro atoms. The van der Waals surface area contributed by atoms with Crippen molar-refractivity contribution in [3.8, 4) is 10.4 Å². The molecule has 1 saturated heterocycles. The minimum Gasteiger partial charge on any atom is -0.382 e. The van der Waals surface area contributed by atoms with Crippen molar-refractivity contribution in [1.82, 2.24) is 4.90 Å². The summed E-state index contributed by atoms with van der Waals surface area (Å²) in [6, 6.07) is 13.6. The van der Waals surface area contributed by atoms with Crippen molar-refractivity contribution in [3.05, 3.63) is 41.8 Å². The fraction of sp³-hybridized carbons (Fsp3) is 0.412. The van der Waals surface area contributed by atoms with Crippen LogP contribution in [0.25, 0.3) is 10.4 Å². The summed E-state index contributed by atoms with van der Waals surface area (Å²) in [6.07, 6.45) is 3.79. The first-order valence-electron chi connectivity index (χ1n) is 7.41. The molecule has 3 heteroatoms. The minimum absolute atomic E-state index is 0.598. The molecule has 1 aromatic carbocycles. The van der Waals surface area contributed by atoms with Crippen LogP contribution in [0.2, 0.25) is 0 Å². The zero-order chi connectivity index (χ0) is 13.8. The Kier molecular flexibility index (Phi) is 4.38. The largest absolute Gasteiger partial charge is 0.382 e. The lowest BCUT2D eigenvalue weighted by Crippen LogP contribution is -2.23. The Balaban J connectivity index is 1.77. The van der Waals surface area contributed by atoms with Gasteiger partial charge in [0, 0.05) is 22.2 Å². The first-order chi connectivity index (χ1) is 9.83. The van der Waals surface area contributed by atoms with Gasteiger partial charge in [-0.1, -0.05) is 24.3 Å². The van der Waals surface area contributed by atoms with Gasteiger partial charge in [0.15, 0.2) is 0 Å². The van der Waals surface area contributed by atoms with Crippen LogP contribution in [0.3, 0.4) is 0 Å². The van der Waals surface area contributed by atoms with Crippen LogP contribution < -0.4 is 5.32 Å². The van der Waals surface area contributed by atoms with Gasteiger partial charge in [-0.3, -0.25) is 0 Å². The Labute approximate surface area is 125 Å². The Morgan fingerprint density at radius 3 is 2.85 bits per heavy atom. The van der Waals surface area contributed by atoms with Crippen molar-refractivity contribution >= 4 is 17.0 Å². The number of para-hydroxylation sites is 1. The molecule has 0 radical (unpaired) electrons. The molecule has 2 aromatic rings. The maximum absolute atomic E-state index is 3.78. The highest BCUT2D eigenvalue weighted by Crippen LogP contribution is 2.32. The maximum Gasteiger partial charge on any atom is 0.0430 e. The molecule has 20 heavy (non-hydrogen) atoms. The molecule has 2 heterocycles. The number of likely N-dealkylation sites (tertiary alicyclic amines) is 1. The van der Waals surface area contributed by atoms with Gasteiger partial charge in [-0.05, 0) is 56.9 Å². The predicted molar refractivity (Wildman–Crippen MR) is 88.5 cm³/mol. The lowest BCUT2D eigenvalue weighted by molar-refractivity contribution is 0.348. The Bertz CT molecular complexity index is 536. The third-order valence-corrected chi connectivity index (χ3v) is 4.93. The molecule has 0 bridgehead atoms. The molecule has 1 aromatic heterocycles. The summed E-state index contributed by atoms with van der Waals surface area (Å²) in [7, 11) is 2.22. The maximum atomic E-state index is 3.78. The summed E-state index contributed by atoms with van der Waals surface area (Å²) in [6.45, 7) is 2.42. The van der Waals surface area contributed by atoms with Gasteiger partial charge < -0.3 is 10.2 Å². The van der Waals surface area contributed by atoms with Crippen molar-refractivity contribution in [2.24, 2.45) is 0 Å². The van der Waals surface area contributed by atoms with Crippen LogP contribution in [0.5, 0.6) is 0 Å². The Hall–Kier alpha value is -1.32. The molecule has 1 unspecified atom stereocenters. The van der Waals surface area contributed by atoms with Crippen LogP contribution in [0.4, 0.5) is 5.69 Å². The van der Waals surface area contributed by atoms with E-state index >= 15 is 0 Å². The smallest absolute Gasteiger partial charge is 0.0430 e. The topological polar surface area (TPSA) is 15.3 Å². The summed E-state index contributed by atoms with van der Waals surface area (Å²) in [5, 5.41) is 5.92. The molecule has 0 saturated carbocycles. The number of rotatable bonds is 3. The number of anilines is 1. The van der Waals surface area contributed by atoms with Crippen LogP contribution in [-0.2, 0) is 0 Å². The van der Waals surface area contributed by atoms with E-state index in [9.17, 15) is 0 Å². The summed E-state index contributed by atoms with van der Waals surface area (Å²) in [5.74, 6) is 0. The van der Waals surface area contributed by atoms with Crippen molar-refractivity contribution in [2.45, 2.75) is 25.3 Å². The molecule has 106 valence electrons. The van der Waals surface area contributed by atoms with Gasteiger partial charge in [0.05, 0.1) is 0 Å². The fourth-order valence-electron chi connectivity index (χ4n) is 2.86. The first kappa shape index (κ1) is 13.7. The lowest BCUT2D eigenvalue weighted by Gasteiger charge is -2.20. The number of nitrogens with zero attached hydrogens (tertiary/aromatic N) is 1. The molecular weight excluding hydrogens is 264 g/mol. The third-order valence-electron chi connectivity index (χ3n) is 4.03. The Morgan fingerprint density at radius 2 is 2.00 bits per heavy atom. The van der Waals surface area contributed by atoms with Crippen LogP contribution in [0.1, 0.15) is 19.3 Å². The summed E-state index contributed by atoms with van der Waals surface area (Å²) >= 11 is 1.81. The van der Waals surface area contributed by atoms with E-state index in [1.807, 2.05) is 11.3 Å². The average Bonchev–Trinajstić information content (AvgIpc) is 2.91. The zero-order valence-electron chi connectivity index (χ0n) is 12.0. The molecule has 1 N–H and O–H groups in total. The normalized spacial score (nSPS) is 20.6. The van der Waals surface area contributed by atoms with E-state index in [1.165, 1.54) is 48.5 Å². The van der Waals surface area contributed by atoms with Gasteiger partial charge in [-0.2, -0.15) is 0 Å². The molecule has 3 rings (SSSR count). The van der Waals surface area contributed by atoms with E-state index in [1.54, 1.807) is 0 Å². The number of nitrogens with one attached hydrogen (secondary N) is 1. The Morgan fingerprint density at radius 1 is 1.10 bits per heavy atom. The van der Waals surface area contributed by atoms with E-state index in [2.05, 4.69) is 59.0 Å². The van der Waals surface area contributed by atoms with E-state index in [-0.39, 0.29) is 0 Å². The number of hydrogen-bond donors (Lipinski definition) is 1. The highest BCUT2D eigenvalue weighted by atomic mass is 32.1. The van der Waals surface area contributed by atoms with Crippen LogP contribution in [-0.4, -0.2) is 31.1 Å². The van der Waals surface area contributed by atoms with E-state index in [0.717, 1.165) is 0 Å². The van der Waals surface area contributed by atoms with Gasteiger partial charge >= 0.3 is 0 Å². The van der Waals surface area contributed by atoms with E-state index in [0.29, 0.717) is 6.04 Å². The molecule has 0 amide bonds. The highest BCUT2D eigenvalue weighted by molar-refractivity contribution is 7.13. The monoisotopic (exact) mass is 286 g/mol. The number of thiophene rings is 1. The number of hydrogen-bond acceptors (Lipinski definition) is 3. The van der Waals surface area contributed by atoms with Crippen molar-refractivity contribution in [2.75, 3.05) is 25.5 Å². The number of benzene rings is 1. The van der Waals surface area contributed by atoms with Crippen LogP contribution in [0, 0.1) is 0 Å². The van der Waals surface area contributed by atoms with Gasteiger partial charge in [-0.25, -0.2) is 0 Å². The molecular formula is C17H22N2S. The van der Waals surface area contributed by atoms with E-state index in [4.69, 9.17) is 0 Å². The summed E-state index contributed by atoms with van der Waals surface area (Å²) in [5.41, 5.74) is 2.62. The summed E-state index contributed by atoms with van der Waals surface area (Å²) < 4.78 is 0. The SMILES string of the molecule is CN1CCCC(Nc2ccccc2-c2cccs2)CC1. The second-order valence-electron chi connectivity index (χ2n) is 5.60. The third kappa shape index (κ3) is 3.22. The molecule has 1 aliphatic heterocycles. The van der Waals surface area contributed by atoms with Gasteiger partial charge in [0.2, 0.25) is 0 Å². The van der Waals surface area contributed by atoms with Crippen molar-refractivity contribution in [1.29, 1.82) is 0 Å². The van der Waals surface area contributed by atoms with Crippen LogP contribution >= 0.6 is 11.3 Å². The van der Waals surface area contributed by atoms with E-state index < -0.39 is 0 Å². The van der Waals surface area contributed by atoms with Gasteiger partial charge in [0.1, 0.15) is 0 Å². The first-order valence-corrected chi connectivity index (χ1v) is 8.29. The average molecular weight is 286 g/mol. The minimum atomic E-state index is 0.598. The summed E-state index contributed by atoms with van der Waals surface area (Å²) in [4.78, 5) is 3.78. The van der Waals surface area contributed by atoms with Gasteiger partial charge in [-0.15, -0.1) is 11.3 Å². The molecule has 1 fully saturated rings. The highest BCUT2D eigenvalue weighted by Gasteiger charge is 2.16. The predicted octanol–water partition coefficient (Wildman–Crippen LogP) is 4.31. The molecule has 2 nitrogen and oxygen atoms in total. The molecule has 1 atom stereocenters. The molecule has 0 aliphatic carbocycles. The standard InChI is InChI=1S/C17H22N2S/c1-19-11-4-6-14(10-12-19)18-16-8-3-2-7-15(16)17-9-5-13-20-17/h2-3,5,7-9,13-14,18H,4,6,10-12H2,1H3. The quantitative estimate of drug-likeness (QED) is 0.904. The van der Waals surface area contributed by atoms with Crippen molar-refractivity contribution < 1.29 is 0 Å². The molecule has 1 aliphatic rings. The zero-order valence-corrected chi connectivity index (χ0v) is 12.8. The second kappa shape index (κ2) is 6.42.